The van der Waals surface area contributed by atoms with Crippen molar-refractivity contribution < 1.29 is 13.5 Å². The minimum absolute atomic E-state index is 0.0204. The molecular weight excluding hydrogens is 342 g/mol. The third-order valence-electron chi connectivity index (χ3n) is 5.88. The molecule has 136 valence electrons. The van der Waals surface area contributed by atoms with Gasteiger partial charge in [-0.25, -0.2) is 8.78 Å². The number of rotatable bonds is 4. The molecule has 2 atom stereocenters. The van der Waals surface area contributed by atoms with Gasteiger partial charge in [0.25, 0.3) is 0 Å². The second-order valence-corrected chi connectivity index (χ2v) is 8.11. The smallest absolute Gasteiger partial charge is 0.143 e. The molecule has 3 rings (SSSR count). The molecule has 1 unspecified atom stereocenters. The van der Waals surface area contributed by atoms with E-state index in [2.05, 4.69) is 13.8 Å². The van der Waals surface area contributed by atoms with Gasteiger partial charge in [0.05, 0.1) is 7.11 Å². The van der Waals surface area contributed by atoms with Gasteiger partial charge in [-0.3, -0.25) is 0 Å². The predicted octanol–water partition coefficient (Wildman–Crippen LogP) is 6.48. The van der Waals surface area contributed by atoms with Crippen molar-refractivity contribution in [1.29, 1.82) is 0 Å². The first kappa shape index (κ1) is 18.4. The summed E-state index contributed by atoms with van der Waals surface area (Å²) >= 11 is 5.91. The number of ether oxygens (including phenoxy) is 1. The molecule has 0 radical (unpaired) electrons. The van der Waals surface area contributed by atoms with Crippen LogP contribution < -0.4 is 4.74 Å². The molecule has 0 aromatic heterocycles. The fourth-order valence-electron chi connectivity index (χ4n) is 4.55. The Bertz CT molecular complexity index is 722. The molecule has 2 aliphatic carbocycles. The van der Waals surface area contributed by atoms with E-state index in [0.29, 0.717) is 22.5 Å². The molecule has 1 aromatic rings. The quantitative estimate of drug-likeness (QED) is 0.554. The van der Waals surface area contributed by atoms with Gasteiger partial charge in [-0.1, -0.05) is 32.4 Å². The van der Waals surface area contributed by atoms with Crippen LogP contribution in [-0.4, -0.2) is 18.7 Å². The first-order valence-electron chi connectivity index (χ1n) is 8.81. The maximum Gasteiger partial charge on any atom is 0.143 e. The molecule has 0 aliphatic heterocycles. The second-order valence-electron chi connectivity index (χ2n) is 7.85. The van der Waals surface area contributed by atoms with Crippen LogP contribution in [0.1, 0.15) is 45.1 Å². The molecule has 0 saturated heterocycles. The number of allylic oxidation sites excluding steroid dienone is 4. The topological polar surface area (TPSA) is 9.23 Å². The fraction of sp³-hybridized carbons (Fsp3) is 0.524. The largest absolute Gasteiger partial charge is 0.497 e. The van der Waals surface area contributed by atoms with Crippen molar-refractivity contribution in [2.75, 3.05) is 13.0 Å². The summed E-state index contributed by atoms with van der Waals surface area (Å²) in [5.41, 5.74) is -0.297. The minimum Gasteiger partial charge on any atom is -0.497 e. The van der Waals surface area contributed by atoms with Crippen LogP contribution in [0.15, 0.2) is 41.7 Å². The normalized spacial score (nSPS) is 28.9. The van der Waals surface area contributed by atoms with Crippen LogP contribution in [0.5, 0.6) is 5.75 Å². The number of benzene rings is 1. The Morgan fingerprint density at radius 3 is 2.68 bits per heavy atom. The molecule has 4 heteroatoms. The second kappa shape index (κ2) is 6.75. The molecule has 25 heavy (non-hydrogen) atoms. The molecule has 0 bridgehead atoms. The van der Waals surface area contributed by atoms with Crippen molar-refractivity contribution in [3.63, 3.8) is 0 Å². The fourth-order valence-corrected chi connectivity index (χ4v) is 4.77. The van der Waals surface area contributed by atoms with Crippen LogP contribution in [0, 0.1) is 11.3 Å². The summed E-state index contributed by atoms with van der Waals surface area (Å²) in [6, 6.07) is 7.22. The SMILES string of the molecule is COc1cccc(C2=CC(F)=C(CCl)CC2(F)[C@H]2CCCC2(C)C)c1. The molecule has 1 fully saturated rings. The molecular formula is C21H25ClF2O. The van der Waals surface area contributed by atoms with Crippen LogP contribution in [-0.2, 0) is 0 Å². The van der Waals surface area contributed by atoms with Crippen molar-refractivity contribution >= 4 is 17.2 Å². The van der Waals surface area contributed by atoms with Crippen LogP contribution in [0.2, 0.25) is 0 Å². The lowest BCUT2D eigenvalue weighted by Gasteiger charge is -2.43. The molecule has 0 heterocycles. The summed E-state index contributed by atoms with van der Waals surface area (Å²) in [5, 5.41) is 0. The maximum absolute atomic E-state index is 16.6. The van der Waals surface area contributed by atoms with E-state index in [4.69, 9.17) is 16.3 Å². The number of alkyl halides is 2. The Kier molecular flexibility index (Phi) is 4.98. The molecule has 0 N–H and O–H groups in total. The van der Waals surface area contributed by atoms with E-state index < -0.39 is 11.5 Å². The van der Waals surface area contributed by atoms with Gasteiger partial charge in [0.15, 0.2) is 0 Å². The summed E-state index contributed by atoms with van der Waals surface area (Å²) in [7, 11) is 1.57. The van der Waals surface area contributed by atoms with Gasteiger partial charge in [-0.05, 0) is 53.2 Å². The molecule has 1 saturated carbocycles. The van der Waals surface area contributed by atoms with Crippen molar-refractivity contribution in [2.24, 2.45) is 11.3 Å². The number of methoxy groups -OCH3 is 1. The highest BCUT2D eigenvalue weighted by atomic mass is 35.5. The molecule has 2 aliphatic rings. The predicted molar refractivity (Wildman–Crippen MR) is 99.4 cm³/mol. The number of halogens is 3. The third kappa shape index (κ3) is 3.23. The Labute approximate surface area is 153 Å². The van der Waals surface area contributed by atoms with Gasteiger partial charge in [-0.15, -0.1) is 11.6 Å². The summed E-state index contributed by atoms with van der Waals surface area (Å²) < 4.78 is 36.4. The van der Waals surface area contributed by atoms with Crippen LogP contribution in [0.3, 0.4) is 0 Å². The van der Waals surface area contributed by atoms with E-state index in [9.17, 15) is 4.39 Å². The van der Waals surface area contributed by atoms with Crippen LogP contribution in [0.25, 0.3) is 5.57 Å². The first-order chi connectivity index (χ1) is 11.8. The van der Waals surface area contributed by atoms with E-state index in [1.165, 1.54) is 6.08 Å². The van der Waals surface area contributed by atoms with Gasteiger partial charge in [-0.2, -0.15) is 0 Å². The zero-order valence-corrected chi connectivity index (χ0v) is 15.8. The molecule has 0 amide bonds. The zero-order valence-electron chi connectivity index (χ0n) is 15.0. The molecule has 1 aromatic carbocycles. The molecule has 0 spiro atoms. The Hall–Kier alpha value is -1.35. The van der Waals surface area contributed by atoms with E-state index in [1.807, 2.05) is 18.2 Å². The van der Waals surface area contributed by atoms with Gasteiger partial charge >= 0.3 is 0 Å². The summed E-state index contributed by atoms with van der Waals surface area (Å²) in [4.78, 5) is 0. The highest BCUT2D eigenvalue weighted by Crippen LogP contribution is 2.57. The monoisotopic (exact) mass is 366 g/mol. The average molecular weight is 367 g/mol. The van der Waals surface area contributed by atoms with Gasteiger partial charge in [0, 0.05) is 18.2 Å². The summed E-state index contributed by atoms with van der Waals surface area (Å²) in [5.74, 6) is 0.0895. The lowest BCUT2D eigenvalue weighted by atomic mass is 9.65. The number of hydrogen-bond donors (Lipinski definition) is 0. The maximum atomic E-state index is 16.6. The summed E-state index contributed by atoms with van der Waals surface area (Å²) in [6.45, 7) is 4.23. The van der Waals surface area contributed by atoms with E-state index in [1.54, 1.807) is 13.2 Å². The minimum atomic E-state index is -1.62. The highest BCUT2D eigenvalue weighted by molar-refractivity contribution is 6.19. The Morgan fingerprint density at radius 2 is 2.08 bits per heavy atom. The molecule has 1 nitrogen and oxygen atoms in total. The van der Waals surface area contributed by atoms with Gasteiger partial charge < -0.3 is 4.74 Å². The van der Waals surface area contributed by atoms with Crippen molar-refractivity contribution in [1.82, 2.24) is 0 Å². The van der Waals surface area contributed by atoms with E-state index >= 15 is 4.39 Å². The Balaban J connectivity index is 2.14. The lowest BCUT2D eigenvalue weighted by molar-refractivity contribution is 0.0725. The van der Waals surface area contributed by atoms with Crippen molar-refractivity contribution in [2.45, 2.75) is 45.2 Å². The van der Waals surface area contributed by atoms with Crippen molar-refractivity contribution in [3.8, 4) is 5.75 Å². The average Bonchev–Trinajstić information content (AvgIpc) is 2.96. The standard InChI is InChI=1S/C21H25ClF2O/c1-20(2)9-5-8-19(20)21(24)12-15(13-22)18(23)11-17(21)14-6-4-7-16(10-14)25-3/h4,6-7,10-11,19H,5,8-9,12-13H2,1-3H3/t19-,21?/m0/s1. The lowest BCUT2D eigenvalue weighted by Crippen LogP contribution is -2.42. The van der Waals surface area contributed by atoms with Crippen LogP contribution >= 0.6 is 11.6 Å². The first-order valence-corrected chi connectivity index (χ1v) is 9.34. The van der Waals surface area contributed by atoms with E-state index in [-0.39, 0.29) is 23.6 Å². The zero-order chi connectivity index (χ0) is 18.2. The van der Waals surface area contributed by atoms with Crippen LogP contribution in [0.4, 0.5) is 8.78 Å². The van der Waals surface area contributed by atoms with Crippen molar-refractivity contribution in [3.05, 3.63) is 47.3 Å². The van der Waals surface area contributed by atoms with E-state index in [0.717, 1.165) is 19.3 Å². The van der Waals surface area contributed by atoms with Gasteiger partial charge in [0.1, 0.15) is 17.2 Å². The van der Waals surface area contributed by atoms with Gasteiger partial charge in [0.2, 0.25) is 0 Å². The number of hydrogen-bond acceptors (Lipinski definition) is 1. The Morgan fingerprint density at radius 1 is 1.32 bits per heavy atom. The highest BCUT2D eigenvalue weighted by Gasteiger charge is 2.53. The summed E-state index contributed by atoms with van der Waals surface area (Å²) in [6.07, 6.45) is 4.17. The third-order valence-corrected chi connectivity index (χ3v) is 6.20.